The molecule has 5 nitrogen and oxygen atoms in total. The lowest BCUT2D eigenvalue weighted by Gasteiger charge is -2.33. The van der Waals surface area contributed by atoms with Crippen LogP contribution < -0.4 is 0 Å². The number of carbonyl (C=O) groups is 1. The van der Waals surface area contributed by atoms with Crippen LogP contribution in [0.15, 0.2) is 0 Å². The lowest BCUT2D eigenvalue weighted by atomic mass is 10.2. The second-order valence-corrected chi connectivity index (χ2v) is 3.09. The molecule has 1 rings (SSSR count). The highest BCUT2D eigenvalue weighted by atomic mass is 16.5. The van der Waals surface area contributed by atoms with Gasteiger partial charge in [-0.3, -0.25) is 0 Å². The molecular weight excluding hydrogens is 170 g/mol. The van der Waals surface area contributed by atoms with Crippen molar-refractivity contribution in [3.63, 3.8) is 0 Å². The van der Waals surface area contributed by atoms with Gasteiger partial charge in [-0.1, -0.05) is 0 Å². The molecule has 1 atom stereocenters. The summed E-state index contributed by atoms with van der Waals surface area (Å²) in [5, 5.41) is 8.75. The van der Waals surface area contributed by atoms with Crippen molar-refractivity contribution in [2.24, 2.45) is 0 Å². The van der Waals surface area contributed by atoms with Crippen molar-refractivity contribution in [1.82, 2.24) is 9.80 Å². The third-order valence-corrected chi connectivity index (χ3v) is 1.91. The molecule has 0 bridgehead atoms. The number of amides is 2. The molecule has 1 aliphatic rings. The molecule has 72 valence electrons. The molecule has 1 heterocycles. The van der Waals surface area contributed by atoms with E-state index >= 15 is 0 Å². The van der Waals surface area contributed by atoms with Crippen LogP contribution in [-0.2, 0) is 4.74 Å². The van der Waals surface area contributed by atoms with Crippen LogP contribution >= 0.6 is 0 Å². The minimum atomic E-state index is -0.441. The zero-order valence-corrected chi connectivity index (χ0v) is 7.86. The fourth-order valence-electron chi connectivity index (χ4n) is 1.20. The Bertz CT molecular complexity index is 234. The highest BCUT2D eigenvalue weighted by Gasteiger charge is 2.27. The van der Waals surface area contributed by atoms with Gasteiger partial charge in [0.15, 0.2) is 0 Å². The predicted octanol–water partition coefficient (Wildman–Crippen LogP) is -0.108. The van der Waals surface area contributed by atoms with Gasteiger partial charge < -0.3 is 14.5 Å². The van der Waals surface area contributed by atoms with E-state index in [0.29, 0.717) is 19.8 Å². The first-order valence-corrected chi connectivity index (χ1v) is 4.12. The summed E-state index contributed by atoms with van der Waals surface area (Å²) in [7, 11) is 3.35. The fraction of sp³-hybridized carbons (Fsp3) is 0.750. The van der Waals surface area contributed by atoms with Gasteiger partial charge in [-0.05, 0) is 0 Å². The number of hydrogen-bond donors (Lipinski definition) is 0. The Kier molecular flexibility index (Phi) is 3.09. The first-order valence-electron chi connectivity index (χ1n) is 4.12. The van der Waals surface area contributed by atoms with E-state index in [2.05, 4.69) is 0 Å². The van der Waals surface area contributed by atoms with Gasteiger partial charge in [0, 0.05) is 20.6 Å². The quantitative estimate of drug-likeness (QED) is 0.526. The molecule has 0 radical (unpaired) electrons. The molecule has 1 fully saturated rings. The highest BCUT2D eigenvalue weighted by Crippen LogP contribution is 2.07. The molecule has 13 heavy (non-hydrogen) atoms. The zero-order chi connectivity index (χ0) is 9.84. The molecule has 1 aliphatic heterocycles. The Morgan fingerprint density at radius 3 is 2.92 bits per heavy atom. The lowest BCUT2D eigenvalue weighted by molar-refractivity contribution is 0.0250. The van der Waals surface area contributed by atoms with Crippen molar-refractivity contribution in [3.8, 4) is 6.07 Å². The van der Waals surface area contributed by atoms with Crippen molar-refractivity contribution in [3.05, 3.63) is 0 Å². The number of urea groups is 1. The average molecular weight is 183 g/mol. The predicted molar refractivity (Wildman–Crippen MR) is 46.0 cm³/mol. The Hall–Kier alpha value is -1.28. The van der Waals surface area contributed by atoms with Crippen LogP contribution in [0.1, 0.15) is 0 Å². The third kappa shape index (κ3) is 2.10. The molecule has 5 heteroatoms. The number of morpholine rings is 1. The van der Waals surface area contributed by atoms with Crippen LogP contribution in [-0.4, -0.2) is 55.7 Å². The number of ether oxygens (including phenoxy) is 1. The Balaban J connectivity index is 2.65. The second-order valence-electron chi connectivity index (χ2n) is 3.09. The van der Waals surface area contributed by atoms with Crippen LogP contribution in [0.4, 0.5) is 4.79 Å². The number of nitrogens with zero attached hydrogens (tertiary/aromatic N) is 3. The molecule has 0 N–H and O–H groups in total. The summed E-state index contributed by atoms with van der Waals surface area (Å²) in [6.07, 6.45) is 0. The lowest BCUT2D eigenvalue weighted by Crippen LogP contribution is -2.51. The van der Waals surface area contributed by atoms with E-state index in [9.17, 15) is 4.79 Å². The summed E-state index contributed by atoms with van der Waals surface area (Å²) in [6.45, 7) is 1.32. The van der Waals surface area contributed by atoms with E-state index in [1.807, 2.05) is 6.07 Å². The summed E-state index contributed by atoms with van der Waals surface area (Å²) in [6, 6.07) is 1.47. The maximum Gasteiger partial charge on any atom is 0.320 e. The monoisotopic (exact) mass is 183 g/mol. The summed E-state index contributed by atoms with van der Waals surface area (Å²) in [4.78, 5) is 14.5. The standard InChI is InChI=1S/C8H13N3O2/c1-10(2)8(12)11-3-4-13-6-7(11)5-9/h7H,3-4,6H2,1-2H3. The molecule has 0 aromatic carbocycles. The SMILES string of the molecule is CN(C)C(=O)N1CCOCC1C#N. The molecule has 0 saturated carbocycles. The summed E-state index contributed by atoms with van der Waals surface area (Å²) >= 11 is 0. The maximum absolute atomic E-state index is 11.5. The highest BCUT2D eigenvalue weighted by molar-refractivity contribution is 5.74. The van der Waals surface area contributed by atoms with Crippen LogP contribution in [0, 0.1) is 11.3 Å². The second kappa shape index (κ2) is 4.10. The topological polar surface area (TPSA) is 56.6 Å². The van der Waals surface area contributed by atoms with Gasteiger partial charge in [0.2, 0.25) is 0 Å². The van der Waals surface area contributed by atoms with Crippen LogP contribution in [0.25, 0.3) is 0 Å². The number of hydrogen-bond acceptors (Lipinski definition) is 3. The summed E-state index contributed by atoms with van der Waals surface area (Å²) in [5.41, 5.74) is 0. The smallest absolute Gasteiger partial charge is 0.320 e. The molecule has 0 aromatic heterocycles. The van der Waals surface area contributed by atoms with Crippen molar-refractivity contribution in [2.75, 3.05) is 33.9 Å². The van der Waals surface area contributed by atoms with E-state index in [1.54, 1.807) is 14.1 Å². The van der Waals surface area contributed by atoms with Crippen molar-refractivity contribution in [2.45, 2.75) is 6.04 Å². The van der Waals surface area contributed by atoms with Crippen LogP contribution in [0.2, 0.25) is 0 Å². The minimum absolute atomic E-state index is 0.130. The summed E-state index contributed by atoms with van der Waals surface area (Å²) < 4.78 is 5.10. The largest absolute Gasteiger partial charge is 0.376 e. The Labute approximate surface area is 77.5 Å². The normalized spacial score (nSPS) is 22.2. The molecule has 2 amide bonds. The minimum Gasteiger partial charge on any atom is -0.376 e. The van der Waals surface area contributed by atoms with Gasteiger partial charge in [-0.2, -0.15) is 5.26 Å². The van der Waals surface area contributed by atoms with Crippen molar-refractivity contribution < 1.29 is 9.53 Å². The Morgan fingerprint density at radius 2 is 2.38 bits per heavy atom. The summed E-state index contributed by atoms with van der Waals surface area (Å²) in [5.74, 6) is 0. The maximum atomic E-state index is 11.5. The van der Waals surface area contributed by atoms with Gasteiger partial charge in [-0.25, -0.2) is 4.79 Å². The molecule has 0 aliphatic carbocycles. The zero-order valence-electron chi connectivity index (χ0n) is 7.86. The van der Waals surface area contributed by atoms with Crippen LogP contribution in [0.5, 0.6) is 0 Å². The van der Waals surface area contributed by atoms with Gasteiger partial charge >= 0.3 is 6.03 Å². The van der Waals surface area contributed by atoms with Crippen molar-refractivity contribution in [1.29, 1.82) is 5.26 Å². The van der Waals surface area contributed by atoms with E-state index in [-0.39, 0.29) is 6.03 Å². The first kappa shape index (κ1) is 9.81. The Morgan fingerprint density at radius 1 is 1.69 bits per heavy atom. The molecular formula is C8H13N3O2. The third-order valence-electron chi connectivity index (χ3n) is 1.91. The van der Waals surface area contributed by atoms with Gasteiger partial charge in [0.25, 0.3) is 0 Å². The van der Waals surface area contributed by atoms with E-state index in [1.165, 1.54) is 9.80 Å². The number of rotatable bonds is 0. The van der Waals surface area contributed by atoms with Gasteiger partial charge in [0.05, 0.1) is 19.3 Å². The van der Waals surface area contributed by atoms with Crippen molar-refractivity contribution >= 4 is 6.03 Å². The molecule has 1 unspecified atom stereocenters. The fourth-order valence-corrected chi connectivity index (χ4v) is 1.20. The first-order chi connectivity index (χ1) is 6.16. The molecule has 1 saturated heterocycles. The van der Waals surface area contributed by atoms with Crippen LogP contribution in [0.3, 0.4) is 0 Å². The average Bonchev–Trinajstić information content (AvgIpc) is 2.16. The van der Waals surface area contributed by atoms with E-state index < -0.39 is 6.04 Å². The van der Waals surface area contributed by atoms with E-state index in [4.69, 9.17) is 10.00 Å². The van der Waals surface area contributed by atoms with Gasteiger partial charge in [-0.15, -0.1) is 0 Å². The van der Waals surface area contributed by atoms with Gasteiger partial charge in [0.1, 0.15) is 6.04 Å². The molecule has 0 spiro atoms. The molecule has 0 aromatic rings. The number of nitriles is 1. The van der Waals surface area contributed by atoms with E-state index in [0.717, 1.165) is 0 Å². The number of carbonyl (C=O) groups excluding carboxylic acids is 1.